The molecule has 1 aliphatic rings. The summed E-state index contributed by atoms with van der Waals surface area (Å²) in [7, 11) is 1.79. The van der Waals surface area contributed by atoms with Gasteiger partial charge in [-0.2, -0.15) is 5.10 Å². The van der Waals surface area contributed by atoms with Gasteiger partial charge in [-0.15, -0.1) is 0 Å². The smallest absolute Gasteiger partial charge is 0.410 e. The lowest BCUT2D eigenvalue weighted by Gasteiger charge is -2.24. The summed E-state index contributed by atoms with van der Waals surface area (Å²) in [5.41, 5.74) is 1.12. The molecule has 1 aliphatic heterocycles. The molecule has 12 nitrogen and oxygen atoms in total. The molecule has 1 saturated heterocycles. The Kier molecular flexibility index (Phi) is 6.77. The van der Waals surface area contributed by atoms with E-state index in [0.717, 1.165) is 5.56 Å². The summed E-state index contributed by atoms with van der Waals surface area (Å²) < 4.78 is 7.12. The van der Waals surface area contributed by atoms with Gasteiger partial charge in [-0.25, -0.2) is 9.78 Å². The first-order valence-corrected chi connectivity index (χ1v) is 11.6. The molecule has 0 bridgehead atoms. The third-order valence-electron chi connectivity index (χ3n) is 5.73. The van der Waals surface area contributed by atoms with Crippen molar-refractivity contribution < 1.29 is 14.5 Å². The van der Waals surface area contributed by atoms with Crippen molar-refractivity contribution in [2.45, 2.75) is 39.3 Å². The molecule has 3 aromatic rings. The number of nitro benzene ring substituents is 1. The van der Waals surface area contributed by atoms with E-state index in [2.05, 4.69) is 25.7 Å². The van der Waals surface area contributed by atoms with Crippen LogP contribution in [-0.2, 0) is 11.8 Å². The Labute approximate surface area is 208 Å². The molecule has 0 unspecified atom stereocenters. The Morgan fingerprint density at radius 2 is 1.92 bits per heavy atom. The van der Waals surface area contributed by atoms with Crippen molar-refractivity contribution in [2.24, 2.45) is 13.0 Å². The molecule has 2 atom stereocenters. The molecule has 0 spiro atoms. The molecule has 4 rings (SSSR count). The topological polar surface area (TPSA) is 140 Å². The number of benzene rings is 1. The fraction of sp³-hybridized carbons (Fsp3) is 0.417. The number of carbonyl (C=O) groups excluding carboxylic acids is 1. The second kappa shape index (κ2) is 9.80. The van der Waals surface area contributed by atoms with Gasteiger partial charge in [-0.05, 0) is 38.3 Å². The molecule has 1 amide bonds. The van der Waals surface area contributed by atoms with Crippen LogP contribution < -0.4 is 10.6 Å². The summed E-state index contributed by atoms with van der Waals surface area (Å²) in [6, 6.07) is 4.88. The number of nitrogens with one attached hydrogen (secondary N) is 2. The zero-order chi connectivity index (χ0) is 26.0. The summed E-state index contributed by atoms with van der Waals surface area (Å²) >= 11 is 0. The highest BCUT2D eigenvalue weighted by molar-refractivity contribution is 5.75. The van der Waals surface area contributed by atoms with E-state index in [0.29, 0.717) is 36.0 Å². The van der Waals surface area contributed by atoms with Crippen molar-refractivity contribution in [3.05, 3.63) is 53.1 Å². The number of nitro groups is 1. The average Bonchev–Trinajstić information content (AvgIpc) is 3.39. The third kappa shape index (κ3) is 5.88. The van der Waals surface area contributed by atoms with E-state index >= 15 is 0 Å². The van der Waals surface area contributed by atoms with Crippen LogP contribution in [0, 0.1) is 16.0 Å². The van der Waals surface area contributed by atoms with Crippen LogP contribution in [-0.4, -0.2) is 60.4 Å². The summed E-state index contributed by atoms with van der Waals surface area (Å²) in [6.45, 7) is 8.59. The number of rotatable bonds is 6. The lowest BCUT2D eigenvalue weighted by Crippen LogP contribution is -2.36. The normalized spacial score (nSPS) is 17.6. The van der Waals surface area contributed by atoms with Gasteiger partial charge in [-0.3, -0.25) is 19.8 Å². The second-order valence-corrected chi connectivity index (χ2v) is 9.92. The number of carbonyl (C=O) groups is 1. The monoisotopic (exact) mass is 494 g/mol. The quantitative estimate of drug-likeness (QED) is 0.381. The predicted molar refractivity (Wildman–Crippen MR) is 135 cm³/mol. The van der Waals surface area contributed by atoms with E-state index in [-0.39, 0.29) is 23.7 Å². The zero-order valence-electron chi connectivity index (χ0n) is 20.9. The van der Waals surface area contributed by atoms with Crippen molar-refractivity contribution >= 4 is 29.1 Å². The maximum atomic E-state index is 12.4. The Morgan fingerprint density at radius 3 is 2.58 bits per heavy atom. The minimum Gasteiger partial charge on any atom is -0.444 e. The first-order valence-electron chi connectivity index (χ1n) is 11.6. The molecule has 1 aromatic carbocycles. The van der Waals surface area contributed by atoms with Crippen LogP contribution >= 0.6 is 0 Å². The highest BCUT2D eigenvalue weighted by Gasteiger charge is 2.35. The minimum atomic E-state index is -0.559. The predicted octanol–water partition coefficient (Wildman–Crippen LogP) is 4.20. The molecule has 190 valence electrons. The number of aromatic nitrogens is 4. The van der Waals surface area contributed by atoms with Crippen molar-refractivity contribution in [1.82, 2.24) is 24.6 Å². The third-order valence-corrected chi connectivity index (χ3v) is 5.73. The fourth-order valence-electron chi connectivity index (χ4n) is 3.99. The fourth-order valence-corrected chi connectivity index (χ4v) is 3.99. The summed E-state index contributed by atoms with van der Waals surface area (Å²) in [6.07, 6.45) is 6.17. The van der Waals surface area contributed by atoms with E-state index in [9.17, 15) is 14.9 Å². The Balaban J connectivity index is 1.47. The molecule has 0 radical (unpaired) electrons. The van der Waals surface area contributed by atoms with E-state index in [1.165, 1.54) is 12.3 Å². The lowest BCUT2D eigenvalue weighted by molar-refractivity contribution is -0.383. The molecular weight excluding hydrogens is 464 g/mol. The van der Waals surface area contributed by atoms with Crippen LogP contribution in [0.2, 0.25) is 0 Å². The number of hydrogen-bond acceptors (Lipinski definition) is 9. The standard InChI is InChI=1S/C24H30N8O4/c1-15-12-31(23(33)36-24(2,3)4)14-19(15)28-22-11-25-10-21(29-22)27-18-7-6-16(8-20(18)32(34)35)17-9-26-30(5)13-17/h6-11,13,15,19H,12,14H2,1-5H3,(H2,27,28,29)/t15-,19+/m1/s1. The molecule has 2 N–H and O–H groups in total. The summed E-state index contributed by atoms with van der Waals surface area (Å²) in [4.78, 5) is 34.2. The van der Waals surface area contributed by atoms with E-state index in [1.807, 2.05) is 27.7 Å². The molecule has 0 saturated carbocycles. The van der Waals surface area contributed by atoms with Gasteiger partial charge in [0, 0.05) is 44.0 Å². The van der Waals surface area contributed by atoms with Gasteiger partial charge in [0.15, 0.2) is 5.82 Å². The molecule has 12 heteroatoms. The van der Waals surface area contributed by atoms with Gasteiger partial charge in [0.2, 0.25) is 0 Å². The molecule has 3 heterocycles. The average molecular weight is 495 g/mol. The number of ether oxygens (including phenoxy) is 1. The van der Waals surface area contributed by atoms with Crippen molar-refractivity contribution in [1.29, 1.82) is 0 Å². The van der Waals surface area contributed by atoms with Crippen molar-refractivity contribution in [3.63, 3.8) is 0 Å². The first kappa shape index (κ1) is 24.9. The van der Waals surface area contributed by atoms with E-state index in [4.69, 9.17) is 4.74 Å². The van der Waals surface area contributed by atoms with Crippen molar-refractivity contribution in [3.8, 4) is 11.1 Å². The van der Waals surface area contributed by atoms with Crippen LogP contribution in [0.1, 0.15) is 27.7 Å². The highest BCUT2D eigenvalue weighted by atomic mass is 16.6. The Hall–Kier alpha value is -4.22. The number of amides is 1. The first-order chi connectivity index (χ1) is 17.0. The van der Waals surface area contributed by atoms with Crippen LogP contribution in [0.15, 0.2) is 43.0 Å². The second-order valence-electron chi connectivity index (χ2n) is 9.92. The van der Waals surface area contributed by atoms with Gasteiger partial charge in [0.25, 0.3) is 5.69 Å². The van der Waals surface area contributed by atoms with E-state index in [1.54, 1.807) is 47.4 Å². The maximum Gasteiger partial charge on any atom is 0.410 e. The number of nitrogens with zero attached hydrogens (tertiary/aromatic N) is 6. The molecular formula is C24H30N8O4. The molecule has 2 aromatic heterocycles. The highest BCUT2D eigenvalue weighted by Crippen LogP contribution is 2.32. The number of hydrogen-bond donors (Lipinski definition) is 2. The summed E-state index contributed by atoms with van der Waals surface area (Å²) in [5, 5.41) is 22.2. The summed E-state index contributed by atoms with van der Waals surface area (Å²) in [5.74, 6) is 1.02. The Bertz CT molecular complexity index is 1270. The molecule has 0 aliphatic carbocycles. The van der Waals surface area contributed by atoms with Gasteiger partial charge >= 0.3 is 6.09 Å². The van der Waals surface area contributed by atoms with Gasteiger partial charge < -0.3 is 20.3 Å². The van der Waals surface area contributed by atoms with Crippen molar-refractivity contribution in [2.75, 3.05) is 23.7 Å². The SMILES string of the molecule is C[C@@H]1CN(C(=O)OC(C)(C)C)C[C@@H]1Nc1cncc(Nc2ccc(-c3cnn(C)c3)cc2[N+](=O)[O-])n1. The zero-order valence-corrected chi connectivity index (χ0v) is 20.9. The van der Waals surface area contributed by atoms with Crippen LogP contribution in [0.3, 0.4) is 0 Å². The number of anilines is 3. The van der Waals surface area contributed by atoms with Crippen LogP contribution in [0.4, 0.5) is 27.8 Å². The van der Waals surface area contributed by atoms with Gasteiger partial charge in [0.1, 0.15) is 17.1 Å². The van der Waals surface area contributed by atoms with Gasteiger partial charge in [-0.1, -0.05) is 13.0 Å². The van der Waals surface area contributed by atoms with E-state index < -0.39 is 10.5 Å². The van der Waals surface area contributed by atoms with Crippen LogP contribution in [0.5, 0.6) is 0 Å². The largest absolute Gasteiger partial charge is 0.444 e. The molecule has 36 heavy (non-hydrogen) atoms. The Morgan fingerprint density at radius 1 is 1.17 bits per heavy atom. The van der Waals surface area contributed by atoms with Gasteiger partial charge in [0.05, 0.1) is 23.5 Å². The number of likely N-dealkylation sites (tertiary alicyclic amines) is 1. The van der Waals surface area contributed by atoms with Crippen LogP contribution in [0.25, 0.3) is 11.1 Å². The maximum absolute atomic E-state index is 12.4. The number of aryl methyl sites for hydroxylation is 1. The minimum absolute atomic E-state index is 0.0461. The lowest BCUT2D eigenvalue weighted by atomic mass is 10.1. The molecule has 1 fully saturated rings.